The molecule has 0 spiro atoms. The van der Waals surface area contributed by atoms with E-state index in [1.165, 1.54) is 4.88 Å². The topological polar surface area (TPSA) is 48.4 Å². The summed E-state index contributed by atoms with van der Waals surface area (Å²) in [5, 5.41) is 13.5. The summed E-state index contributed by atoms with van der Waals surface area (Å²) in [5.74, 6) is 0. The average molecular weight is 257 g/mol. The van der Waals surface area contributed by atoms with Gasteiger partial charge in [-0.2, -0.15) is 0 Å². The Hall–Kier alpha value is -0.650. The predicted octanol–water partition coefficient (Wildman–Crippen LogP) is 1.85. The van der Waals surface area contributed by atoms with Crippen LogP contribution < -0.4 is 10.2 Å². The lowest BCUT2D eigenvalue weighted by atomic mass is 10.2. The Kier molecular flexibility index (Phi) is 6.47. The van der Waals surface area contributed by atoms with Crippen LogP contribution in [0.3, 0.4) is 0 Å². The molecule has 1 heterocycles. The molecular weight excluding hydrogens is 234 g/mol. The summed E-state index contributed by atoms with van der Waals surface area (Å²) in [6, 6.07) is 0.189. The normalized spacial score (nSPS) is 12.7. The third-order valence-corrected chi connectivity index (χ3v) is 3.91. The maximum Gasteiger partial charge on any atom is 0.185 e. The molecule has 5 heteroatoms. The summed E-state index contributed by atoms with van der Waals surface area (Å²) in [6.07, 6.45) is 2.87. The van der Waals surface area contributed by atoms with Crippen molar-refractivity contribution < 1.29 is 5.11 Å². The Morgan fingerprint density at radius 2 is 2.12 bits per heavy atom. The lowest BCUT2D eigenvalue weighted by molar-refractivity contribution is 0.238. The molecule has 4 nitrogen and oxygen atoms in total. The van der Waals surface area contributed by atoms with E-state index in [1.807, 2.05) is 6.20 Å². The SMILES string of the molecule is CC[C@@H](CO)NCc1cnc(N(CC)CC)s1. The van der Waals surface area contributed by atoms with Gasteiger partial charge >= 0.3 is 0 Å². The maximum absolute atomic E-state index is 9.09. The molecule has 98 valence electrons. The highest BCUT2D eigenvalue weighted by atomic mass is 32.1. The van der Waals surface area contributed by atoms with Crippen molar-refractivity contribution in [3.63, 3.8) is 0 Å². The molecule has 0 aliphatic heterocycles. The quantitative estimate of drug-likeness (QED) is 0.746. The minimum atomic E-state index is 0.189. The van der Waals surface area contributed by atoms with Gasteiger partial charge < -0.3 is 15.3 Å². The fraction of sp³-hybridized carbons (Fsp3) is 0.750. The second-order valence-corrected chi connectivity index (χ2v) is 5.04. The summed E-state index contributed by atoms with van der Waals surface area (Å²) < 4.78 is 0. The minimum absolute atomic E-state index is 0.189. The number of anilines is 1. The molecule has 2 N–H and O–H groups in total. The monoisotopic (exact) mass is 257 g/mol. The highest BCUT2D eigenvalue weighted by Crippen LogP contribution is 2.22. The van der Waals surface area contributed by atoms with Gasteiger partial charge in [-0.25, -0.2) is 4.98 Å². The highest BCUT2D eigenvalue weighted by molar-refractivity contribution is 7.15. The number of hydrogen-bond acceptors (Lipinski definition) is 5. The molecule has 0 amide bonds. The van der Waals surface area contributed by atoms with Gasteiger partial charge in [-0.1, -0.05) is 6.92 Å². The van der Waals surface area contributed by atoms with Crippen LogP contribution in [0.4, 0.5) is 5.13 Å². The fourth-order valence-corrected chi connectivity index (χ4v) is 2.59. The van der Waals surface area contributed by atoms with E-state index in [1.54, 1.807) is 11.3 Å². The van der Waals surface area contributed by atoms with Crippen LogP contribution in [0.2, 0.25) is 0 Å². The van der Waals surface area contributed by atoms with Crippen LogP contribution in [-0.2, 0) is 6.54 Å². The number of hydrogen-bond donors (Lipinski definition) is 2. The molecular formula is C12H23N3OS. The zero-order valence-corrected chi connectivity index (χ0v) is 11.8. The number of thiazole rings is 1. The van der Waals surface area contributed by atoms with Crippen molar-refractivity contribution >= 4 is 16.5 Å². The number of aliphatic hydroxyl groups is 1. The Bertz CT molecular complexity index is 308. The molecule has 0 radical (unpaired) electrons. The van der Waals surface area contributed by atoms with Crippen molar-refractivity contribution in [2.24, 2.45) is 0 Å². The lowest BCUT2D eigenvalue weighted by Crippen LogP contribution is -2.30. The first-order valence-electron chi connectivity index (χ1n) is 6.28. The number of nitrogens with zero attached hydrogens (tertiary/aromatic N) is 2. The van der Waals surface area contributed by atoms with E-state index in [0.29, 0.717) is 0 Å². The fourth-order valence-electron chi connectivity index (χ4n) is 1.60. The predicted molar refractivity (Wildman–Crippen MR) is 73.7 cm³/mol. The molecule has 0 aliphatic carbocycles. The number of rotatable bonds is 8. The zero-order chi connectivity index (χ0) is 12.7. The molecule has 1 aromatic rings. The molecule has 0 aliphatic rings. The van der Waals surface area contributed by atoms with Gasteiger partial charge in [0.1, 0.15) is 0 Å². The van der Waals surface area contributed by atoms with Crippen LogP contribution in [0.25, 0.3) is 0 Å². The zero-order valence-electron chi connectivity index (χ0n) is 10.9. The Morgan fingerprint density at radius 1 is 1.41 bits per heavy atom. The molecule has 1 rings (SSSR count). The van der Waals surface area contributed by atoms with Crippen molar-refractivity contribution in [1.82, 2.24) is 10.3 Å². The van der Waals surface area contributed by atoms with Gasteiger partial charge in [-0.05, 0) is 20.3 Å². The average Bonchev–Trinajstić information content (AvgIpc) is 2.81. The van der Waals surface area contributed by atoms with E-state index >= 15 is 0 Å². The van der Waals surface area contributed by atoms with Crippen LogP contribution >= 0.6 is 11.3 Å². The van der Waals surface area contributed by atoms with E-state index < -0.39 is 0 Å². The summed E-state index contributed by atoms with van der Waals surface area (Å²) in [5.41, 5.74) is 0. The molecule has 1 atom stereocenters. The van der Waals surface area contributed by atoms with Crippen LogP contribution in [0.5, 0.6) is 0 Å². The first-order valence-corrected chi connectivity index (χ1v) is 7.10. The van der Waals surface area contributed by atoms with Gasteiger partial charge in [-0.3, -0.25) is 0 Å². The van der Waals surface area contributed by atoms with E-state index in [0.717, 1.165) is 31.2 Å². The summed E-state index contributed by atoms with van der Waals surface area (Å²) in [4.78, 5) is 7.90. The molecule has 1 aromatic heterocycles. The molecule has 0 bridgehead atoms. The van der Waals surface area contributed by atoms with Crippen LogP contribution in [0.1, 0.15) is 32.1 Å². The van der Waals surface area contributed by atoms with E-state index in [-0.39, 0.29) is 12.6 Å². The first kappa shape index (κ1) is 14.4. The number of aromatic nitrogens is 1. The van der Waals surface area contributed by atoms with Gasteiger partial charge in [0.05, 0.1) is 6.61 Å². The standard InChI is InChI=1S/C12H23N3OS/c1-4-10(9-16)13-7-11-8-14-12(17-11)15(5-2)6-3/h8,10,13,16H,4-7,9H2,1-3H3/t10-/m0/s1. The molecule has 0 aromatic carbocycles. The van der Waals surface area contributed by atoms with Gasteiger partial charge in [0.2, 0.25) is 0 Å². The van der Waals surface area contributed by atoms with Crippen LogP contribution in [-0.4, -0.2) is 35.8 Å². The van der Waals surface area contributed by atoms with Gasteiger partial charge in [0.25, 0.3) is 0 Å². The summed E-state index contributed by atoms with van der Waals surface area (Å²) in [7, 11) is 0. The van der Waals surface area contributed by atoms with E-state index in [4.69, 9.17) is 5.11 Å². The number of nitrogens with one attached hydrogen (secondary N) is 1. The van der Waals surface area contributed by atoms with Gasteiger partial charge in [0.15, 0.2) is 5.13 Å². The van der Waals surface area contributed by atoms with Crippen molar-refractivity contribution in [3.05, 3.63) is 11.1 Å². The van der Waals surface area contributed by atoms with Crippen molar-refractivity contribution in [2.75, 3.05) is 24.6 Å². The lowest BCUT2D eigenvalue weighted by Gasteiger charge is -2.16. The number of aliphatic hydroxyl groups excluding tert-OH is 1. The largest absolute Gasteiger partial charge is 0.395 e. The van der Waals surface area contributed by atoms with Crippen LogP contribution in [0.15, 0.2) is 6.20 Å². The third kappa shape index (κ3) is 4.26. The molecule has 0 saturated heterocycles. The van der Waals surface area contributed by atoms with E-state index in [2.05, 4.69) is 36.0 Å². The van der Waals surface area contributed by atoms with Gasteiger partial charge in [0, 0.05) is 36.8 Å². The molecule has 17 heavy (non-hydrogen) atoms. The summed E-state index contributed by atoms with van der Waals surface area (Å²) >= 11 is 1.72. The summed E-state index contributed by atoms with van der Waals surface area (Å²) in [6.45, 7) is 9.32. The Morgan fingerprint density at radius 3 is 2.65 bits per heavy atom. The minimum Gasteiger partial charge on any atom is -0.395 e. The van der Waals surface area contributed by atoms with Gasteiger partial charge in [-0.15, -0.1) is 11.3 Å². The second-order valence-electron chi connectivity index (χ2n) is 3.95. The first-order chi connectivity index (χ1) is 8.24. The van der Waals surface area contributed by atoms with Crippen LogP contribution in [0, 0.1) is 0 Å². The second kappa shape index (κ2) is 7.63. The Labute approximate surface area is 108 Å². The molecule has 0 unspecified atom stereocenters. The van der Waals surface area contributed by atoms with Crippen molar-refractivity contribution in [3.8, 4) is 0 Å². The Balaban J connectivity index is 2.50. The molecule has 0 fully saturated rings. The van der Waals surface area contributed by atoms with Crippen molar-refractivity contribution in [1.29, 1.82) is 0 Å². The highest BCUT2D eigenvalue weighted by Gasteiger charge is 2.09. The molecule has 0 saturated carbocycles. The smallest absolute Gasteiger partial charge is 0.185 e. The third-order valence-electron chi connectivity index (χ3n) is 2.85. The van der Waals surface area contributed by atoms with Crippen molar-refractivity contribution in [2.45, 2.75) is 39.8 Å². The van der Waals surface area contributed by atoms with E-state index in [9.17, 15) is 0 Å². The maximum atomic E-state index is 9.09.